The van der Waals surface area contributed by atoms with E-state index in [0.29, 0.717) is 11.5 Å². The summed E-state index contributed by atoms with van der Waals surface area (Å²) in [5.74, 6) is 1.21. The minimum atomic E-state index is 0.139. The molecule has 22 heavy (non-hydrogen) atoms. The summed E-state index contributed by atoms with van der Waals surface area (Å²) >= 11 is 0. The highest BCUT2D eigenvalue weighted by atomic mass is 16.5. The molecule has 0 aliphatic carbocycles. The SMILES string of the molecule is COc1cc[n+](O)c(-c2c(OC)c(OC)cc[n+]2O)c1OC. The first-order valence-electron chi connectivity index (χ1n) is 6.31. The van der Waals surface area contributed by atoms with Crippen molar-refractivity contribution in [3.63, 3.8) is 0 Å². The predicted molar refractivity (Wildman–Crippen MR) is 72.8 cm³/mol. The minimum Gasteiger partial charge on any atom is -0.492 e. The van der Waals surface area contributed by atoms with E-state index in [1.165, 1.54) is 53.0 Å². The molecule has 0 spiro atoms. The normalized spacial score (nSPS) is 10.2. The van der Waals surface area contributed by atoms with Crippen LogP contribution in [0.1, 0.15) is 0 Å². The average Bonchev–Trinajstić information content (AvgIpc) is 2.54. The van der Waals surface area contributed by atoms with Gasteiger partial charge in [-0.25, -0.2) is 0 Å². The maximum absolute atomic E-state index is 10.2. The first-order chi connectivity index (χ1) is 10.6. The van der Waals surface area contributed by atoms with Gasteiger partial charge in [-0.15, -0.1) is 0 Å². The van der Waals surface area contributed by atoms with Crippen molar-refractivity contribution < 1.29 is 38.8 Å². The first-order valence-corrected chi connectivity index (χ1v) is 6.31. The lowest BCUT2D eigenvalue weighted by molar-refractivity contribution is -0.918. The molecule has 0 saturated carbocycles. The first kappa shape index (κ1) is 15.5. The van der Waals surface area contributed by atoms with Crippen molar-refractivity contribution in [1.29, 1.82) is 0 Å². The van der Waals surface area contributed by atoms with Crippen molar-refractivity contribution in [2.45, 2.75) is 0 Å². The molecule has 118 valence electrons. The van der Waals surface area contributed by atoms with Crippen LogP contribution in [0.2, 0.25) is 0 Å². The smallest absolute Gasteiger partial charge is 0.382 e. The molecular formula is C14H18N2O6+2. The molecule has 0 fully saturated rings. The van der Waals surface area contributed by atoms with Crippen molar-refractivity contribution in [2.75, 3.05) is 28.4 Å². The van der Waals surface area contributed by atoms with E-state index in [-0.39, 0.29) is 22.9 Å². The zero-order valence-electron chi connectivity index (χ0n) is 12.7. The largest absolute Gasteiger partial charge is 0.492 e. The third-order valence-corrected chi connectivity index (χ3v) is 3.14. The Bertz CT molecular complexity index is 630. The predicted octanol–water partition coefficient (Wildman–Crippen LogP) is 0.438. The molecule has 0 saturated heterocycles. The van der Waals surface area contributed by atoms with Crippen LogP contribution in [0.3, 0.4) is 0 Å². The molecule has 0 bridgehead atoms. The molecule has 0 aromatic carbocycles. The third kappa shape index (κ3) is 2.39. The molecule has 2 aromatic heterocycles. The standard InChI is InChI=1S/C14H18N2O6/c1-19-9-5-7-15(17)11(13(9)21-3)12-14(22-4)10(20-2)6-8-16(12)18/h5-8,17-18H,1-4H3/q+2. The van der Waals surface area contributed by atoms with Gasteiger partial charge in [0.1, 0.15) is 0 Å². The van der Waals surface area contributed by atoms with Crippen molar-refractivity contribution in [2.24, 2.45) is 0 Å². The number of nitrogens with zero attached hydrogens (tertiary/aromatic N) is 2. The highest BCUT2D eigenvalue weighted by molar-refractivity contribution is 5.69. The van der Waals surface area contributed by atoms with Gasteiger partial charge in [0.2, 0.25) is 23.9 Å². The number of aromatic nitrogens is 2. The Kier molecular flexibility index (Phi) is 4.40. The van der Waals surface area contributed by atoms with Crippen LogP contribution in [-0.4, -0.2) is 38.9 Å². The second-order valence-corrected chi connectivity index (χ2v) is 4.22. The highest BCUT2D eigenvalue weighted by Gasteiger charge is 2.39. The molecule has 0 atom stereocenters. The maximum Gasteiger partial charge on any atom is 0.382 e. The minimum absolute atomic E-state index is 0.139. The molecule has 2 N–H and O–H groups in total. The molecule has 0 radical (unpaired) electrons. The Morgan fingerprint density at radius 3 is 1.32 bits per heavy atom. The van der Waals surface area contributed by atoms with Crippen LogP contribution in [0, 0.1) is 0 Å². The van der Waals surface area contributed by atoms with Crippen LogP contribution in [-0.2, 0) is 0 Å². The number of hydrogen-bond acceptors (Lipinski definition) is 6. The van der Waals surface area contributed by atoms with Crippen molar-refractivity contribution >= 4 is 0 Å². The summed E-state index contributed by atoms with van der Waals surface area (Å²) in [6.07, 6.45) is 2.71. The van der Waals surface area contributed by atoms with E-state index >= 15 is 0 Å². The van der Waals surface area contributed by atoms with Gasteiger partial charge >= 0.3 is 11.4 Å². The van der Waals surface area contributed by atoms with E-state index in [9.17, 15) is 10.4 Å². The zero-order valence-corrected chi connectivity index (χ0v) is 12.7. The Labute approximate surface area is 127 Å². The molecule has 0 amide bonds. The quantitative estimate of drug-likeness (QED) is 0.616. The van der Waals surface area contributed by atoms with E-state index in [2.05, 4.69) is 0 Å². The van der Waals surface area contributed by atoms with Crippen LogP contribution >= 0.6 is 0 Å². The van der Waals surface area contributed by atoms with E-state index in [4.69, 9.17) is 18.9 Å². The summed E-state index contributed by atoms with van der Waals surface area (Å²) in [7, 11) is 5.80. The fourth-order valence-electron chi connectivity index (χ4n) is 2.17. The molecule has 2 rings (SSSR count). The summed E-state index contributed by atoms with van der Waals surface area (Å²) in [5, 5.41) is 20.3. The van der Waals surface area contributed by atoms with Gasteiger partial charge in [0.15, 0.2) is 11.5 Å². The second-order valence-electron chi connectivity index (χ2n) is 4.22. The third-order valence-electron chi connectivity index (χ3n) is 3.14. The van der Waals surface area contributed by atoms with E-state index in [1.54, 1.807) is 0 Å². The Morgan fingerprint density at radius 1 is 0.682 bits per heavy atom. The lowest BCUT2D eigenvalue weighted by Crippen LogP contribution is -2.40. The highest BCUT2D eigenvalue weighted by Crippen LogP contribution is 2.40. The number of methoxy groups -OCH3 is 4. The van der Waals surface area contributed by atoms with E-state index < -0.39 is 0 Å². The molecule has 2 aromatic rings. The molecule has 2 heterocycles. The summed E-state index contributed by atoms with van der Waals surface area (Å²) in [4.78, 5) is 0. The fraction of sp³-hybridized carbons (Fsp3) is 0.286. The van der Waals surface area contributed by atoms with Crippen LogP contribution in [0.15, 0.2) is 24.5 Å². The van der Waals surface area contributed by atoms with E-state index in [1.807, 2.05) is 0 Å². The molecule has 8 heteroatoms. The van der Waals surface area contributed by atoms with Gasteiger partial charge in [-0.3, -0.25) is 10.4 Å². The van der Waals surface area contributed by atoms with Crippen LogP contribution in [0.5, 0.6) is 23.0 Å². The van der Waals surface area contributed by atoms with Crippen LogP contribution < -0.4 is 28.4 Å². The second kappa shape index (κ2) is 6.25. The summed E-state index contributed by atoms with van der Waals surface area (Å²) in [6, 6.07) is 3.05. The van der Waals surface area contributed by atoms with Crippen LogP contribution in [0.4, 0.5) is 0 Å². The van der Waals surface area contributed by atoms with Crippen LogP contribution in [0.25, 0.3) is 11.4 Å². The zero-order chi connectivity index (χ0) is 16.3. The lowest BCUT2D eigenvalue weighted by atomic mass is 10.2. The molecule has 8 nitrogen and oxygen atoms in total. The molecule has 0 aliphatic heterocycles. The van der Waals surface area contributed by atoms with Gasteiger partial charge in [-0.05, 0) is 0 Å². The fourth-order valence-corrected chi connectivity index (χ4v) is 2.17. The van der Waals surface area contributed by atoms with E-state index in [0.717, 1.165) is 9.46 Å². The van der Waals surface area contributed by atoms with Gasteiger partial charge in [0.05, 0.1) is 40.6 Å². The molecular weight excluding hydrogens is 292 g/mol. The van der Waals surface area contributed by atoms with Gasteiger partial charge in [0.25, 0.3) is 0 Å². The number of rotatable bonds is 5. The lowest BCUT2D eigenvalue weighted by Gasteiger charge is -2.10. The van der Waals surface area contributed by atoms with Crippen molar-refractivity contribution in [3.8, 4) is 34.4 Å². The summed E-state index contributed by atoms with van der Waals surface area (Å²) < 4.78 is 22.6. The average molecular weight is 310 g/mol. The summed E-state index contributed by atoms with van der Waals surface area (Å²) in [6.45, 7) is 0. The van der Waals surface area contributed by atoms with Crippen molar-refractivity contribution in [3.05, 3.63) is 24.5 Å². The van der Waals surface area contributed by atoms with Gasteiger partial charge in [-0.2, -0.15) is 0 Å². The summed E-state index contributed by atoms with van der Waals surface area (Å²) in [5.41, 5.74) is 0.278. The Hall–Kier alpha value is -2.90. The topological polar surface area (TPSA) is 85.1 Å². The number of pyridine rings is 2. The number of hydrogen-bond donors (Lipinski definition) is 2. The Morgan fingerprint density at radius 2 is 1.05 bits per heavy atom. The Balaban J connectivity index is 2.87. The number of ether oxygens (including phenoxy) is 4. The maximum atomic E-state index is 10.2. The molecule has 0 aliphatic rings. The molecule has 0 unspecified atom stereocenters. The van der Waals surface area contributed by atoms with Gasteiger partial charge in [-0.1, -0.05) is 0 Å². The van der Waals surface area contributed by atoms with Gasteiger partial charge in [0, 0.05) is 9.46 Å². The monoisotopic (exact) mass is 310 g/mol. The van der Waals surface area contributed by atoms with Crippen molar-refractivity contribution in [1.82, 2.24) is 0 Å². The van der Waals surface area contributed by atoms with Gasteiger partial charge < -0.3 is 18.9 Å².